The number of rotatable bonds is 9. The van der Waals surface area contributed by atoms with Crippen molar-refractivity contribution in [1.82, 2.24) is 5.01 Å². The zero-order valence-corrected chi connectivity index (χ0v) is 26.1. The highest BCUT2D eigenvalue weighted by Gasteiger charge is 2.22. The molecule has 0 saturated carbocycles. The lowest BCUT2D eigenvalue weighted by atomic mass is 10.0. The van der Waals surface area contributed by atoms with Gasteiger partial charge in [-0.05, 0) is 92.6 Å². The highest BCUT2D eigenvalue weighted by Crippen LogP contribution is 2.30. The molecule has 0 bridgehead atoms. The molecule has 0 radical (unpaired) electrons. The van der Waals surface area contributed by atoms with Gasteiger partial charge in [-0.2, -0.15) is 5.10 Å². The third-order valence-corrected chi connectivity index (χ3v) is 7.53. The summed E-state index contributed by atoms with van der Waals surface area (Å²) in [5, 5.41) is 12.3. The quantitative estimate of drug-likeness (QED) is 0.196. The maximum Gasteiger partial charge on any atom is 0.274 e. The van der Waals surface area contributed by atoms with Gasteiger partial charge in [-0.25, -0.2) is 5.01 Å². The Morgan fingerprint density at radius 1 is 0.844 bits per heavy atom. The molecule has 1 heterocycles. The molecule has 3 amide bonds. The highest BCUT2D eigenvalue weighted by molar-refractivity contribution is 6.37. The number of benzene rings is 4. The number of halogens is 2. The largest absolute Gasteiger partial charge is 0.493 e. The molecule has 0 aliphatic carbocycles. The van der Waals surface area contributed by atoms with Gasteiger partial charge >= 0.3 is 0 Å². The molecule has 0 aromatic heterocycles. The van der Waals surface area contributed by atoms with Crippen molar-refractivity contribution in [2.75, 3.05) is 30.9 Å². The molecular formula is C34H30Cl2N4O5. The van der Waals surface area contributed by atoms with E-state index in [1.54, 1.807) is 61.7 Å². The van der Waals surface area contributed by atoms with E-state index in [1.165, 1.54) is 17.1 Å². The summed E-state index contributed by atoms with van der Waals surface area (Å²) in [6, 6.07) is 23.3. The minimum absolute atomic E-state index is 0.214. The summed E-state index contributed by atoms with van der Waals surface area (Å²) in [7, 11) is 1.59. The Morgan fingerprint density at radius 2 is 1.56 bits per heavy atom. The first-order chi connectivity index (χ1) is 21.7. The molecule has 4 aromatic rings. The molecule has 45 heavy (non-hydrogen) atoms. The number of hydrogen-bond donors (Lipinski definition) is 2. The molecular weight excluding hydrogens is 615 g/mol. The van der Waals surface area contributed by atoms with Crippen molar-refractivity contribution >= 4 is 58.0 Å². The summed E-state index contributed by atoms with van der Waals surface area (Å²) >= 11 is 12.1. The van der Waals surface area contributed by atoms with Gasteiger partial charge in [0.15, 0.2) is 11.5 Å². The van der Waals surface area contributed by atoms with Crippen LogP contribution >= 0.6 is 23.2 Å². The van der Waals surface area contributed by atoms with Crippen molar-refractivity contribution in [3.8, 4) is 11.5 Å². The van der Waals surface area contributed by atoms with E-state index in [0.717, 1.165) is 17.7 Å². The summed E-state index contributed by atoms with van der Waals surface area (Å²) in [5.74, 6) is 0.107. The molecule has 0 fully saturated rings. The molecule has 4 aromatic carbocycles. The molecule has 0 unspecified atom stereocenters. The number of carbonyl (C=O) groups excluding carboxylic acids is 3. The Balaban J connectivity index is 1.28. The van der Waals surface area contributed by atoms with Gasteiger partial charge in [0.05, 0.1) is 30.0 Å². The van der Waals surface area contributed by atoms with Crippen molar-refractivity contribution < 1.29 is 23.9 Å². The van der Waals surface area contributed by atoms with Crippen LogP contribution in [0.15, 0.2) is 90.0 Å². The molecule has 2 N–H and O–H groups in total. The van der Waals surface area contributed by atoms with E-state index in [0.29, 0.717) is 58.6 Å². The second-order valence-corrected chi connectivity index (χ2v) is 10.9. The Kier molecular flexibility index (Phi) is 10.0. The number of carbonyl (C=O) groups is 3. The van der Waals surface area contributed by atoms with E-state index in [-0.39, 0.29) is 16.5 Å². The normalized spacial score (nSPS) is 12.6. The Labute approximate surface area is 270 Å². The number of nitrogens with one attached hydrogen (secondary N) is 2. The Morgan fingerprint density at radius 3 is 2.27 bits per heavy atom. The van der Waals surface area contributed by atoms with Gasteiger partial charge in [0.1, 0.15) is 0 Å². The summed E-state index contributed by atoms with van der Waals surface area (Å²) in [6.45, 7) is 2.86. The van der Waals surface area contributed by atoms with E-state index in [1.807, 2.05) is 25.1 Å². The van der Waals surface area contributed by atoms with Crippen LogP contribution in [0, 0.1) is 0 Å². The lowest BCUT2D eigenvalue weighted by molar-refractivity contribution is 0.0751. The van der Waals surface area contributed by atoms with Crippen LogP contribution in [0.4, 0.5) is 11.4 Å². The van der Waals surface area contributed by atoms with Gasteiger partial charge in [-0.3, -0.25) is 14.4 Å². The predicted octanol–water partition coefficient (Wildman–Crippen LogP) is 7.55. The van der Waals surface area contributed by atoms with E-state index in [9.17, 15) is 14.4 Å². The average Bonchev–Trinajstić information content (AvgIpc) is 3.04. The lowest BCUT2D eigenvalue weighted by Crippen LogP contribution is -2.32. The zero-order chi connectivity index (χ0) is 31.9. The van der Waals surface area contributed by atoms with Gasteiger partial charge < -0.3 is 20.1 Å². The van der Waals surface area contributed by atoms with Gasteiger partial charge in [0.2, 0.25) is 0 Å². The van der Waals surface area contributed by atoms with E-state index < -0.39 is 11.8 Å². The van der Waals surface area contributed by atoms with Crippen LogP contribution in [0.1, 0.15) is 56.4 Å². The third kappa shape index (κ3) is 7.63. The number of ether oxygens (including phenoxy) is 2. The van der Waals surface area contributed by atoms with E-state index in [4.69, 9.17) is 32.7 Å². The average molecular weight is 646 g/mol. The summed E-state index contributed by atoms with van der Waals surface area (Å²) < 4.78 is 11.1. The van der Waals surface area contributed by atoms with Crippen LogP contribution in [0.3, 0.4) is 0 Å². The number of hydrogen-bond acceptors (Lipinski definition) is 6. The smallest absolute Gasteiger partial charge is 0.274 e. The SMILES string of the molecule is CCOc1cc(C2=NN(C(=O)c3cccc(NC(=O)c4cccc(NC(=O)c5ccc(Cl)cc5Cl)c4)c3)CCC2)ccc1OC. The summed E-state index contributed by atoms with van der Waals surface area (Å²) in [5.41, 5.74) is 3.41. The van der Waals surface area contributed by atoms with Crippen molar-refractivity contribution in [3.63, 3.8) is 0 Å². The molecule has 1 aliphatic heterocycles. The summed E-state index contributed by atoms with van der Waals surface area (Å²) in [6.07, 6.45) is 1.46. The van der Waals surface area contributed by atoms with Crippen molar-refractivity contribution in [2.45, 2.75) is 19.8 Å². The first kappa shape index (κ1) is 31.6. The second kappa shape index (κ2) is 14.3. The Hall–Kier alpha value is -4.86. The summed E-state index contributed by atoms with van der Waals surface area (Å²) in [4.78, 5) is 39.3. The van der Waals surface area contributed by atoms with Crippen LogP contribution in [-0.2, 0) is 0 Å². The molecule has 1 aliphatic rings. The maximum atomic E-state index is 13.5. The van der Waals surface area contributed by atoms with Crippen molar-refractivity contribution in [1.29, 1.82) is 0 Å². The van der Waals surface area contributed by atoms with E-state index in [2.05, 4.69) is 15.7 Å². The van der Waals surface area contributed by atoms with Crippen LogP contribution in [0.2, 0.25) is 10.0 Å². The highest BCUT2D eigenvalue weighted by atomic mass is 35.5. The third-order valence-electron chi connectivity index (χ3n) is 6.98. The van der Waals surface area contributed by atoms with Crippen LogP contribution < -0.4 is 20.1 Å². The zero-order valence-electron chi connectivity index (χ0n) is 24.6. The second-order valence-electron chi connectivity index (χ2n) is 10.1. The van der Waals surface area contributed by atoms with Gasteiger partial charge in [-0.1, -0.05) is 35.3 Å². The molecule has 0 saturated heterocycles. The first-order valence-corrected chi connectivity index (χ1v) is 15.0. The Bertz CT molecular complexity index is 1790. The monoisotopic (exact) mass is 644 g/mol. The minimum Gasteiger partial charge on any atom is -0.493 e. The topological polar surface area (TPSA) is 109 Å². The van der Waals surface area contributed by atoms with E-state index >= 15 is 0 Å². The number of anilines is 2. The lowest BCUT2D eigenvalue weighted by Gasteiger charge is -2.24. The van der Waals surface area contributed by atoms with Crippen LogP contribution in [-0.4, -0.2) is 48.7 Å². The van der Waals surface area contributed by atoms with Crippen LogP contribution in [0.25, 0.3) is 0 Å². The number of methoxy groups -OCH3 is 1. The fourth-order valence-electron chi connectivity index (χ4n) is 4.81. The molecule has 0 atom stereocenters. The molecule has 9 nitrogen and oxygen atoms in total. The fraction of sp³-hybridized carbons (Fsp3) is 0.176. The minimum atomic E-state index is -0.439. The molecule has 230 valence electrons. The number of hydrazone groups is 1. The molecule has 11 heteroatoms. The van der Waals surface area contributed by atoms with Crippen molar-refractivity contribution in [2.24, 2.45) is 5.10 Å². The predicted molar refractivity (Wildman–Crippen MR) is 176 cm³/mol. The number of nitrogens with zero attached hydrogens (tertiary/aromatic N) is 2. The molecule has 5 rings (SSSR count). The van der Waals surface area contributed by atoms with Gasteiger partial charge in [0.25, 0.3) is 17.7 Å². The maximum absolute atomic E-state index is 13.5. The fourth-order valence-corrected chi connectivity index (χ4v) is 5.30. The van der Waals surface area contributed by atoms with Gasteiger partial charge in [0, 0.05) is 39.6 Å². The van der Waals surface area contributed by atoms with Gasteiger partial charge in [-0.15, -0.1) is 0 Å². The standard InChI is InChI=1S/C34H30Cl2N4O5/c1-3-45-31-19-21(12-15-30(31)44-2)29-11-6-16-40(39-29)34(43)23-8-5-10-26(18-23)37-32(41)22-7-4-9-25(17-22)38-33(42)27-14-13-24(35)20-28(27)36/h4-5,7-10,12-15,17-20H,3,6,11,16H2,1-2H3,(H,37,41)(H,38,42). The van der Waals surface area contributed by atoms with Crippen molar-refractivity contribution in [3.05, 3.63) is 117 Å². The number of amides is 3. The molecule has 0 spiro atoms. The van der Waals surface area contributed by atoms with Crippen LogP contribution in [0.5, 0.6) is 11.5 Å². The first-order valence-electron chi connectivity index (χ1n) is 14.2.